The van der Waals surface area contributed by atoms with Gasteiger partial charge in [0.25, 0.3) is 0 Å². The van der Waals surface area contributed by atoms with Gasteiger partial charge in [-0.15, -0.1) is 0 Å². The van der Waals surface area contributed by atoms with E-state index in [9.17, 15) is 9.50 Å². The molecule has 2 N–H and O–H groups in total. The maximum Gasteiger partial charge on any atom is 0.134 e. The fraction of sp³-hybridized carbons (Fsp3) is 0.500. The van der Waals surface area contributed by atoms with Gasteiger partial charge < -0.3 is 15.2 Å². The zero-order valence-electron chi connectivity index (χ0n) is 9.29. The first-order valence-corrected chi connectivity index (χ1v) is 5.49. The maximum atomic E-state index is 13.8. The van der Waals surface area contributed by atoms with Crippen LogP contribution in [0.1, 0.15) is 24.3 Å². The highest BCUT2D eigenvalue weighted by Gasteiger charge is 2.23. The fourth-order valence-electron chi connectivity index (χ4n) is 2.24. The second kappa shape index (κ2) is 4.70. The predicted molar refractivity (Wildman–Crippen MR) is 59.5 cm³/mol. The highest BCUT2D eigenvalue weighted by molar-refractivity contribution is 5.43. The van der Waals surface area contributed by atoms with Crippen LogP contribution in [0.25, 0.3) is 0 Å². The Morgan fingerprint density at radius 1 is 1.50 bits per heavy atom. The SMILES string of the molecule is COc1cc(O)cc(F)c1C1CCCNC1. The van der Waals surface area contributed by atoms with Crippen molar-refractivity contribution in [2.45, 2.75) is 18.8 Å². The number of nitrogens with one attached hydrogen (secondary N) is 1. The van der Waals surface area contributed by atoms with Gasteiger partial charge in [-0.05, 0) is 19.4 Å². The summed E-state index contributed by atoms with van der Waals surface area (Å²) < 4.78 is 18.9. The van der Waals surface area contributed by atoms with E-state index in [-0.39, 0.29) is 17.5 Å². The van der Waals surface area contributed by atoms with Crippen molar-refractivity contribution in [1.82, 2.24) is 5.32 Å². The lowest BCUT2D eigenvalue weighted by Gasteiger charge is -2.25. The summed E-state index contributed by atoms with van der Waals surface area (Å²) in [5, 5.41) is 12.6. The van der Waals surface area contributed by atoms with Crippen molar-refractivity contribution in [3.63, 3.8) is 0 Å². The molecule has 0 aliphatic carbocycles. The number of benzene rings is 1. The van der Waals surface area contributed by atoms with Crippen LogP contribution in [0.15, 0.2) is 12.1 Å². The molecule has 0 spiro atoms. The number of phenolic OH excluding ortho intramolecular Hbond substituents is 1. The number of methoxy groups -OCH3 is 1. The molecule has 0 amide bonds. The van der Waals surface area contributed by atoms with E-state index >= 15 is 0 Å². The van der Waals surface area contributed by atoms with Gasteiger partial charge in [-0.1, -0.05) is 0 Å². The van der Waals surface area contributed by atoms with Crippen LogP contribution >= 0.6 is 0 Å². The molecule has 3 nitrogen and oxygen atoms in total. The van der Waals surface area contributed by atoms with Crippen LogP contribution in [0, 0.1) is 5.82 Å². The average molecular weight is 225 g/mol. The minimum absolute atomic E-state index is 0.0955. The number of phenols is 1. The lowest BCUT2D eigenvalue weighted by Crippen LogP contribution is -2.29. The monoisotopic (exact) mass is 225 g/mol. The van der Waals surface area contributed by atoms with Gasteiger partial charge in [-0.3, -0.25) is 0 Å². The van der Waals surface area contributed by atoms with Crippen molar-refractivity contribution in [3.05, 3.63) is 23.5 Å². The van der Waals surface area contributed by atoms with Gasteiger partial charge in [0, 0.05) is 30.2 Å². The van der Waals surface area contributed by atoms with Crippen LogP contribution in [0.3, 0.4) is 0 Å². The normalized spacial score (nSPS) is 20.8. The third-order valence-electron chi connectivity index (χ3n) is 3.00. The number of piperidine rings is 1. The lowest BCUT2D eigenvalue weighted by molar-refractivity contribution is 0.376. The molecule has 0 aromatic heterocycles. The Morgan fingerprint density at radius 2 is 2.31 bits per heavy atom. The molecule has 1 fully saturated rings. The Bertz CT molecular complexity index is 376. The fourth-order valence-corrected chi connectivity index (χ4v) is 2.24. The summed E-state index contributed by atoms with van der Waals surface area (Å²) in [5.74, 6) is 0.0860. The number of rotatable bonds is 2. The van der Waals surface area contributed by atoms with Gasteiger partial charge >= 0.3 is 0 Å². The van der Waals surface area contributed by atoms with Crippen molar-refractivity contribution in [1.29, 1.82) is 0 Å². The molecule has 16 heavy (non-hydrogen) atoms. The summed E-state index contributed by atoms with van der Waals surface area (Å²) >= 11 is 0. The zero-order chi connectivity index (χ0) is 11.5. The van der Waals surface area contributed by atoms with E-state index in [1.165, 1.54) is 13.2 Å². The minimum atomic E-state index is -0.384. The first-order chi connectivity index (χ1) is 7.72. The second-order valence-corrected chi connectivity index (χ2v) is 4.09. The van der Waals surface area contributed by atoms with E-state index in [0.717, 1.165) is 32.0 Å². The summed E-state index contributed by atoms with van der Waals surface area (Å²) in [6.45, 7) is 1.75. The number of aromatic hydroxyl groups is 1. The molecule has 1 atom stereocenters. The molecule has 2 rings (SSSR count). The van der Waals surface area contributed by atoms with E-state index in [2.05, 4.69) is 5.32 Å². The van der Waals surface area contributed by atoms with E-state index in [4.69, 9.17) is 4.74 Å². The van der Waals surface area contributed by atoms with E-state index in [0.29, 0.717) is 11.3 Å². The largest absolute Gasteiger partial charge is 0.508 e. The van der Waals surface area contributed by atoms with Crippen LogP contribution in [0.2, 0.25) is 0 Å². The molecule has 1 aromatic carbocycles. The summed E-state index contributed by atoms with van der Waals surface area (Å²) in [6, 6.07) is 2.61. The van der Waals surface area contributed by atoms with Gasteiger partial charge in [-0.2, -0.15) is 0 Å². The molecular weight excluding hydrogens is 209 g/mol. The smallest absolute Gasteiger partial charge is 0.134 e. The topological polar surface area (TPSA) is 41.5 Å². The third kappa shape index (κ3) is 2.11. The van der Waals surface area contributed by atoms with E-state index in [1.807, 2.05) is 0 Å². The third-order valence-corrected chi connectivity index (χ3v) is 3.00. The molecule has 0 bridgehead atoms. The van der Waals surface area contributed by atoms with Crippen LogP contribution in [0.4, 0.5) is 4.39 Å². The highest BCUT2D eigenvalue weighted by Crippen LogP contribution is 2.35. The summed E-state index contributed by atoms with van der Waals surface area (Å²) in [6.07, 6.45) is 1.99. The molecule has 0 radical (unpaired) electrons. The zero-order valence-corrected chi connectivity index (χ0v) is 9.29. The molecule has 1 aromatic rings. The van der Waals surface area contributed by atoms with Gasteiger partial charge in [0.05, 0.1) is 7.11 Å². The van der Waals surface area contributed by atoms with Gasteiger partial charge in [-0.25, -0.2) is 4.39 Å². The number of ether oxygens (including phenoxy) is 1. The number of hydrogen-bond donors (Lipinski definition) is 2. The van der Waals surface area contributed by atoms with Crippen LogP contribution in [-0.2, 0) is 0 Å². The van der Waals surface area contributed by atoms with Crippen LogP contribution in [0.5, 0.6) is 11.5 Å². The van der Waals surface area contributed by atoms with Crippen molar-refractivity contribution in [3.8, 4) is 11.5 Å². The Balaban J connectivity index is 2.37. The van der Waals surface area contributed by atoms with Crippen molar-refractivity contribution in [2.24, 2.45) is 0 Å². The number of halogens is 1. The first kappa shape index (κ1) is 11.2. The van der Waals surface area contributed by atoms with Crippen LogP contribution < -0.4 is 10.1 Å². The van der Waals surface area contributed by atoms with E-state index in [1.54, 1.807) is 0 Å². The summed E-state index contributed by atoms with van der Waals surface area (Å²) in [7, 11) is 1.49. The Labute approximate surface area is 94.2 Å². The molecule has 1 aliphatic rings. The Kier molecular flexibility index (Phi) is 3.29. The van der Waals surface area contributed by atoms with Crippen molar-refractivity contribution >= 4 is 0 Å². The predicted octanol–water partition coefficient (Wildman–Crippen LogP) is 2.01. The summed E-state index contributed by atoms with van der Waals surface area (Å²) in [5.41, 5.74) is 0.576. The molecule has 1 heterocycles. The molecule has 0 saturated carbocycles. The van der Waals surface area contributed by atoms with Gasteiger partial charge in [0.2, 0.25) is 0 Å². The molecule has 1 saturated heterocycles. The van der Waals surface area contributed by atoms with Gasteiger partial charge in [0.15, 0.2) is 0 Å². The maximum absolute atomic E-state index is 13.8. The molecule has 4 heteroatoms. The molecule has 1 unspecified atom stereocenters. The van der Waals surface area contributed by atoms with Gasteiger partial charge in [0.1, 0.15) is 17.3 Å². The highest BCUT2D eigenvalue weighted by atomic mass is 19.1. The molecular formula is C12H16FNO2. The van der Waals surface area contributed by atoms with Crippen molar-refractivity contribution in [2.75, 3.05) is 20.2 Å². The number of hydrogen-bond acceptors (Lipinski definition) is 3. The standard InChI is InChI=1S/C12H16FNO2/c1-16-11-6-9(15)5-10(13)12(11)8-3-2-4-14-7-8/h5-6,8,14-15H,2-4,7H2,1H3. The average Bonchev–Trinajstić information content (AvgIpc) is 2.29. The van der Waals surface area contributed by atoms with E-state index < -0.39 is 0 Å². The minimum Gasteiger partial charge on any atom is -0.508 e. The second-order valence-electron chi connectivity index (χ2n) is 4.09. The quantitative estimate of drug-likeness (QED) is 0.809. The Morgan fingerprint density at radius 3 is 2.94 bits per heavy atom. The molecule has 88 valence electrons. The van der Waals surface area contributed by atoms with Crippen molar-refractivity contribution < 1.29 is 14.2 Å². The lowest BCUT2D eigenvalue weighted by atomic mass is 9.90. The Hall–Kier alpha value is -1.29. The summed E-state index contributed by atoms with van der Waals surface area (Å²) in [4.78, 5) is 0. The molecule has 1 aliphatic heterocycles. The first-order valence-electron chi connectivity index (χ1n) is 5.49. The van der Waals surface area contributed by atoms with Crippen LogP contribution in [-0.4, -0.2) is 25.3 Å².